The molecule has 6 nitrogen and oxygen atoms in total. The molecule has 0 aliphatic heterocycles. The van der Waals surface area contributed by atoms with E-state index in [1.165, 1.54) is 12.1 Å². The molecule has 0 saturated heterocycles. The minimum Gasteiger partial charge on any atom is -0.478 e. The molecule has 2 rings (SSSR count). The molecule has 0 radical (unpaired) electrons. The molecular formula is C11H8F3N3O3. The number of aromatic amines is 1. The Morgan fingerprint density at radius 2 is 2.05 bits per heavy atom. The summed E-state index contributed by atoms with van der Waals surface area (Å²) in [6.45, 7) is -0.364. The van der Waals surface area contributed by atoms with E-state index in [1.807, 2.05) is 0 Å². The molecule has 0 aliphatic carbocycles. The Labute approximate surface area is 109 Å². The number of hydrogen-bond acceptors (Lipinski definition) is 3. The van der Waals surface area contributed by atoms with E-state index >= 15 is 0 Å². The summed E-state index contributed by atoms with van der Waals surface area (Å²) in [6, 6.07) is 2.75. The van der Waals surface area contributed by atoms with Crippen LogP contribution in [0.2, 0.25) is 0 Å². The first kappa shape index (κ1) is 13.8. The summed E-state index contributed by atoms with van der Waals surface area (Å²) in [5.41, 5.74) is 0.571. The van der Waals surface area contributed by atoms with Crippen LogP contribution >= 0.6 is 0 Å². The number of fused-ring (bicyclic) bond motifs is 1. The van der Waals surface area contributed by atoms with Crippen LogP contribution < -0.4 is 5.32 Å². The zero-order valence-corrected chi connectivity index (χ0v) is 9.78. The van der Waals surface area contributed by atoms with E-state index in [0.29, 0.717) is 11.0 Å². The van der Waals surface area contributed by atoms with Gasteiger partial charge in [0.1, 0.15) is 5.65 Å². The third-order valence-corrected chi connectivity index (χ3v) is 2.47. The van der Waals surface area contributed by atoms with Crippen molar-refractivity contribution in [2.45, 2.75) is 12.7 Å². The lowest BCUT2D eigenvalue weighted by molar-refractivity contribution is -0.173. The number of rotatable bonds is 3. The summed E-state index contributed by atoms with van der Waals surface area (Å²) in [6.07, 6.45) is -3.82. The van der Waals surface area contributed by atoms with E-state index in [-0.39, 0.29) is 17.8 Å². The van der Waals surface area contributed by atoms with Gasteiger partial charge < -0.3 is 15.4 Å². The average Bonchev–Trinajstić information content (AvgIpc) is 2.76. The van der Waals surface area contributed by atoms with Gasteiger partial charge in [-0.1, -0.05) is 0 Å². The van der Waals surface area contributed by atoms with Gasteiger partial charge in [0, 0.05) is 17.3 Å². The highest BCUT2D eigenvalue weighted by Crippen LogP contribution is 2.17. The predicted octanol–water partition coefficient (Wildman–Crippen LogP) is 1.44. The van der Waals surface area contributed by atoms with Gasteiger partial charge in [0.2, 0.25) is 0 Å². The number of carbonyl (C=O) groups is 2. The third kappa shape index (κ3) is 2.87. The minimum absolute atomic E-state index is 0.0395. The third-order valence-electron chi connectivity index (χ3n) is 2.47. The minimum atomic E-state index is -4.94. The van der Waals surface area contributed by atoms with Crippen molar-refractivity contribution < 1.29 is 27.9 Å². The Hall–Kier alpha value is -2.58. The number of nitrogens with one attached hydrogen (secondary N) is 2. The van der Waals surface area contributed by atoms with Gasteiger partial charge in [-0.25, -0.2) is 9.78 Å². The number of amides is 1. The molecule has 0 saturated carbocycles. The lowest BCUT2D eigenvalue weighted by Crippen LogP contribution is -2.36. The maximum absolute atomic E-state index is 12.0. The maximum atomic E-state index is 12.0. The van der Waals surface area contributed by atoms with E-state index in [9.17, 15) is 22.8 Å². The number of halogens is 3. The smallest absolute Gasteiger partial charge is 0.471 e. The number of H-pyrrole nitrogens is 1. The summed E-state index contributed by atoms with van der Waals surface area (Å²) in [7, 11) is 0. The number of aromatic nitrogens is 2. The molecule has 3 N–H and O–H groups in total. The van der Waals surface area contributed by atoms with Crippen molar-refractivity contribution in [2.24, 2.45) is 0 Å². The fourth-order valence-corrected chi connectivity index (χ4v) is 1.56. The SMILES string of the molecule is O=C(O)c1cnc2[nH]c(CNC(=O)C(F)(F)F)cc2c1. The quantitative estimate of drug-likeness (QED) is 0.796. The summed E-state index contributed by atoms with van der Waals surface area (Å²) in [5.74, 6) is -3.21. The van der Waals surface area contributed by atoms with Gasteiger partial charge >= 0.3 is 18.1 Å². The molecule has 0 aromatic carbocycles. The van der Waals surface area contributed by atoms with Crippen molar-refractivity contribution >= 4 is 22.9 Å². The molecule has 2 heterocycles. The number of carboxylic acid groups (broad SMARTS) is 1. The Balaban J connectivity index is 2.16. The van der Waals surface area contributed by atoms with Crippen LogP contribution in [0.1, 0.15) is 16.1 Å². The Kier molecular flexibility index (Phi) is 3.35. The van der Waals surface area contributed by atoms with Crippen LogP contribution in [0.3, 0.4) is 0 Å². The fraction of sp³-hybridized carbons (Fsp3) is 0.182. The van der Waals surface area contributed by atoms with E-state index in [1.54, 1.807) is 5.32 Å². The Bertz CT molecular complexity index is 678. The van der Waals surface area contributed by atoms with Crippen LogP contribution in [0.5, 0.6) is 0 Å². The molecule has 0 aliphatic rings. The van der Waals surface area contributed by atoms with Gasteiger partial charge in [-0.2, -0.15) is 13.2 Å². The molecular weight excluding hydrogens is 279 g/mol. The van der Waals surface area contributed by atoms with Gasteiger partial charge in [0.15, 0.2) is 0 Å². The predicted molar refractivity (Wildman–Crippen MR) is 61.0 cm³/mol. The van der Waals surface area contributed by atoms with Gasteiger partial charge in [-0.15, -0.1) is 0 Å². The fourth-order valence-electron chi connectivity index (χ4n) is 1.56. The van der Waals surface area contributed by atoms with Crippen LogP contribution in [0.15, 0.2) is 18.3 Å². The molecule has 2 aromatic heterocycles. The molecule has 9 heteroatoms. The van der Waals surface area contributed by atoms with Crippen LogP contribution in [0.25, 0.3) is 11.0 Å². The second kappa shape index (κ2) is 4.83. The number of nitrogens with zero attached hydrogens (tertiary/aromatic N) is 1. The first-order valence-corrected chi connectivity index (χ1v) is 5.33. The monoisotopic (exact) mass is 287 g/mol. The largest absolute Gasteiger partial charge is 0.478 e. The normalized spacial score (nSPS) is 11.6. The van der Waals surface area contributed by atoms with Crippen molar-refractivity contribution in [2.75, 3.05) is 0 Å². The van der Waals surface area contributed by atoms with Crippen LogP contribution in [-0.2, 0) is 11.3 Å². The summed E-state index contributed by atoms with van der Waals surface area (Å²) < 4.78 is 36.0. The molecule has 0 bridgehead atoms. The second-order valence-electron chi connectivity index (χ2n) is 3.94. The van der Waals surface area contributed by atoms with E-state index in [0.717, 1.165) is 6.20 Å². The molecule has 106 valence electrons. The van der Waals surface area contributed by atoms with Crippen LogP contribution in [0, 0.1) is 0 Å². The summed E-state index contributed by atoms with van der Waals surface area (Å²) >= 11 is 0. The highest BCUT2D eigenvalue weighted by molar-refractivity contribution is 5.92. The van der Waals surface area contributed by atoms with Crippen molar-refractivity contribution in [1.82, 2.24) is 15.3 Å². The average molecular weight is 287 g/mol. The molecule has 0 fully saturated rings. The molecule has 20 heavy (non-hydrogen) atoms. The number of aromatic carboxylic acids is 1. The lowest BCUT2D eigenvalue weighted by atomic mass is 10.2. The molecule has 0 spiro atoms. The zero-order chi connectivity index (χ0) is 14.9. The Morgan fingerprint density at radius 3 is 2.65 bits per heavy atom. The number of carbonyl (C=O) groups excluding carboxylic acids is 1. The number of pyridine rings is 1. The highest BCUT2D eigenvalue weighted by Gasteiger charge is 2.38. The van der Waals surface area contributed by atoms with Crippen molar-refractivity contribution in [3.63, 3.8) is 0 Å². The zero-order valence-electron chi connectivity index (χ0n) is 9.78. The topological polar surface area (TPSA) is 95.1 Å². The van der Waals surface area contributed by atoms with Crippen LogP contribution in [0.4, 0.5) is 13.2 Å². The van der Waals surface area contributed by atoms with Gasteiger partial charge in [-0.3, -0.25) is 4.79 Å². The molecule has 1 amide bonds. The summed E-state index contributed by atoms with van der Waals surface area (Å²) in [4.78, 5) is 27.9. The molecule has 0 atom stereocenters. The van der Waals surface area contributed by atoms with E-state index in [2.05, 4.69) is 9.97 Å². The van der Waals surface area contributed by atoms with Gasteiger partial charge in [0.05, 0.1) is 12.1 Å². The van der Waals surface area contributed by atoms with Crippen molar-refractivity contribution in [1.29, 1.82) is 0 Å². The first-order chi connectivity index (χ1) is 9.27. The standard InChI is InChI=1S/C11H8F3N3O3/c12-11(13,14)10(20)16-4-7-2-5-1-6(9(18)19)3-15-8(5)17-7/h1-3H,4H2,(H,15,17)(H,16,20)(H,18,19). The second-order valence-corrected chi connectivity index (χ2v) is 3.94. The van der Waals surface area contributed by atoms with Gasteiger partial charge in [-0.05, 0) is 12.1 Å². The molecule has 2 aromatic rings. The maximum Gasteiger partial charge on any atom is 0.471 e. The van der Waals surface area contributed by atoms with E-state index in [4.69, 9.17) is 5.11 Å². The summed E-state index contributed by atoms with van der Waals surface area (Å²) in [5, 5.41) is 10.9. The lowest BCUT2D eigenvalue weighted by Gasteiger charge is -2.06. The number of alkyl halides is 3. The molecule has 0 unspecified atom stereocenters. The Morgan fingerprint density at radius 1 is 1.35 bits per heavy atom. The first-order valence-electron chi connectivity index (χ1n) is 5.33. The number of hydrogen-bond donors (Lipinski definition) is 3. The van der Waals surface area contributed by atoms with Gasteiger partial charge in [0.25, 0.3) is 0 Å². The highest BCUT2D eigenvalue weighted by atomic mass is 19.4. The van der Waals surface area contributed by atoms with Crippen molar-refractivity contribution in [3.8, 4) is 0 Å². The van der Waals surface area contributed by atoms with Crippen molar-refractivity contribution in [3.05, 3.63) is 29.6 Å². The van der Waals surface area contributed by atoms with E-state index < -0.39 is 18.1 Å². The number of carboxylic acids is 1. The van der Waals surface area contributed by atoms with Crippen LogP contribution in [-0.4, -0.2) is 33.1 Å².